The van der Waals surface area contributed by atoms with Gasteiger partial charge in [-0.05, 0) is 30.7 Å². The van der Waals surface area contributed by atoms with Crippen LogP contribution in [0.4, 0.5) is 11.4 Å². The SMILES string of the molecule is CCOc1cc(-c2ccccc2N)ccc1N. The Morgan fingerprint density at radius 1 is 1.00 bits per heavy atom. The van der Waals surface area contributed by atoms with E-state index in [1.807, 2.05) is 49.4 Å². The summed E-state index contributed by atoms with van der Waals surface area (Å²) >= 11 is 0. The van der Waals surface area contributed by atoms with Crippen LogP contribution in [0.25, 0.3) is 11.1 Å². The zero-order chi connectivity index (χ0) is 12.3. The molecular weight excluding hydrogens is 212 g/mol. The molecule has 0 aliphatic carbocycles. The lowest BCUT2D eigenvalue weighted by atomic mass is 10.0. The molecule has 0 aromatic heterocycles. The molecular formula is C14H16N2O. The topological polar surface area (TPSA) is 61.3 Å². The maximum absolute atomic E-state index is 5.94. The fourth-order valence-corrected chi connectivity index (χ4v) is 1.74. The van der Waals surface area contributed by atoms with E-state index in [1.54, 1.807) is 0 Å². The van der Waals surface area contributed by atoms with E-state index in [9.17, 15) is 0 Å². The molecule has 4 N–H and O–H groups in total. The first-order chi connectivity index (χ1) is 8.22. The Bertz CT molecular complexity index is 523. The van der Waals surface area contributed by atoms with Gasteiger partial charge in [0, 0.05) is 11.3 Å². The number of anilines is 2. The second kappa shape index (κ2) is 4.78. The largest absolute Gasteiger partial charge is 0.492 e. The van der Waals surface area contributed by atoms with Gasteiger partial charge in [0.05, 0.1) is 12.3 Å². The van der Waals surface area contributed by atoms with Crippen molar-refractivity contribution in [2.45, 2.75) is 6.92 Å². The van der Waals surface area contributed by atoms with Crippen molar-refractivity contribution >= 4 is 11.4 Å². The van der Waals surface area contributed by atoms with E-state index in [1.165, 1.54) is 0 Å². The lowest BCUT2D eigenvalue weighted by Gasteiger charge is -2.10. The van der Waals surface area contributed by atoms with E-state index in [0.29, 0.717) is 18.0 Å². The highest BCUT2D eigenvalue weighted by atomic mass is 16.5. The third-order valence-corrected chi connectivity index (χ3v) is 2.59. The van der Waals surface area contributed by atoms with Crippen LogP contribution in [-0.4, -0.2) is 6.61 Å². The summed E-state index contributed by atoms with van der Waals surface area (Å²) < 4.78 is 5.47. The first-order valence-corrected chi connectivity index (χ1v) is 5.59. The summed E-state index contributed by atoms with van der Waals surface area (Å²) in [5, 5.41) is 0. The molecule has 88 valence electrons. The number of para-hydroxylation sites is 1. The van der Waals surface area contributed by atoms with Gasteiger partial charge in [0.15, 0.2) is 0 Å². The van der Waals surface area contributed by atoms with Crippen molar-refractivity contribution in [3.8, 4) is 16.9 Å². The molecule has 0 radical (unpaired) electrons. The molecule has 2 rings (SSSR count). The van der Waals surface area contributed by atoms with Gasteiger partial charge in [-0.15, -0.1) is 0 Å². The Labute approximate surface area is 101 Å². The Hall–Kier alpha value is -2.16. The normalized spacial score (nSPS) is 10.2. The molecule has 3 heteroatoms. The monoisotopic (exact) mass is 228 g/mol. The van der Waals surface area contributed by atoms with Crippen LogP contribution in [-0.2, 0) is 0 Å². The minimum atomic E-state index is 0.595. The third-order valence-electron chi connectivity index (χ3n) is 2.59. The van der Waals surface area contributed by atoms with Gasteiger partial charge in [-0.1, -0.05) is 24.3 Å². The Morgan fingerprint density at radius 2 is 1.76 bits per heavy atom. The fraction of sp³-hybridized carbons (Fsp3) is 0.143. The van der Waals surface area contributed by atoms with Crippen molar-refractivity contribution in [2.75, 3.05) is 18.1 Å². The smallest absolute Gasteiger partial charge is 0.142 e. The average Bonchev–Trinajstić information content (AvgIpc) is 2.33. The molecule has 0 saturated heterocycles. The molecule has 0 aliphatic rings. The quantitative estimate of drug-likeness (QED) is 0.794. The van der Waals surface area contributed by atoms with Gasteiger partial charge in [-0.3, -0.25) is 0 Å². The molecule has 0 bridgehead atoms. The van der Waals surface area contributed by atoms with Gasteiger partial charge in [0.25, 0.3) is 0 Å². The number of nitrogens with two attached hydrogens (primary N) is 2. The van der Waals surface area contributed by atoms with Crippen LogP contribution in [0.1, 0.15) is 6.92 Å². The first-order valence-electron chi connectivity index (χ1n) is 5.59. The van der Waals surface area contributed by atoms with Crippen molar-refractivity contribution in [3.05, 3.63) is 42.5 Å². The van der Waals surface area contributed by atoms with Crippen LogP contribution in [0.3, 0.4) is 0 Å². The highest BCUT2D eigenvalue weighted by Gasteiger charge is 2.05. The molecule has 17 heavy (non-hydrogen) atoms. The Morgan fingerprint density at radius 3 is 2.47 bits per heavy atom. The molecule has 0 aliphatic heterocycles. The summed E-state index contributed by atoms with van der Waals surface area (Å²) in [5.41, 5.74) is 15.2. The van der Waals surface area contributed by atoms with Crippen molar-refractivity contribution < 1.29 is 4.74 Å². The lowest BCUT2D eigenvalue weighted by Crippen LogP contribution is -1.97. The van der Waals surface area contributed by atoms with Gasteiger partial charge in [0.1, 0.15) is 5.75 Å². The second-order valence-electron chi connectivity index (χ2n) is 3.77. The number of hydrogen-bond donors (Lipinski definition) is 2. The van der Waals surface area contributed by atoms with Gasteiger partial charge in [0.2, 0.25) is 0 Å². The zero-order valence-electron chi connectivity index (χ0n) is 9.81. The minimum absolute atomic E-state index is 0.595. The van der Waals surface area contributed by atoms with Crippen LogP contribution in [0.5, 0.6) is 5.75 Å². The number of ether oxygens (including phenoxy) is 1. The summed E-state index contributed by atoms with van der Waals surface area (Å²) in [6.07, 6.45) is 0. The summed E-state index contributed by atoms with van der Waals surface area (Å²) in [7, 11) is 0. The van der Waals surface area contributed by atoms with E-state index < -0.39 is 0 Å². The van der Waals surface area contributed by atoms with Gasteiger partial charge in [-0.25, -0.2) is 0 Å². The molecule has 3 nitrogen and oxygen atoms in total. The number of benzene rings is 2. The molecule has 0 unspecified atom stereocenters. The van der Waals surface area contributed by atoms with Crippen molar-refractivity contribution in [2.24, 2.45) is 0 Å². The fourth-order valence-electron chi connectivity index (χ4n) is 1.74. The van der Waals surface area contributed by atoms with Crippen molar-refractivity contribution in [1.29, 1.82) is 0 Å². The molecule has 0 spiro atoms. The van der Waals surface area contributed by atoms with E-state index >= 15 is 0 Å². The van der Waals surface area contributed by atoms with Gasteiger partial charge < -0.3 is 16.2 Å². The van der Waals surface area contributed by atoms with E-state index in [4.69, 9.17) is 16.2 Å². The maximum Gasteiger partial charge on any atom is 0.142 e. The van der Waals surface area contributed by atoms with Crippen molar-refractivity contribution in [3.63, 3.8) is 0 Å². The van der Waals surface area contributed by atoms with E-state index in [-0.39, 0.29) is 0 Å². The van der Waals surface area contributed by atoms with E-state index in [0.717, 1.165) is 16.8 Å². The van der Waals surface area contributed by atoms with Crippen LogP contribution >= 0.6 is 0 Å². The van der Waals surface area contributed by atoms with Crippen LogP contribution in [0.15, 0.2) is 42.5 Å². The number of rotatable bonds is 3. The lowest BCUT2D eigenvalue weighted by molar-refractivity contribution is 0.342. The average molecular weight is 228 g/mol. The molecule has 2 aromatic rings. The summed E-state index contributed by atoms with van der Waals surface area (Å²) in [6.45, 7) is 2.53. The highest BCUT2D eigenvalue weighted by Crippen LogP contribution is 2.31. The molecule has 0 amide bonds. The zero-order valence-corrected chi connectivity index (χ0v) is 9.81. The predicted octanol–water partition coefficient (Wildman–Crippen LogP) is 2.92. The number of nitrogen functional groups attached to an aromatic ring is 2. The summed E-state index contributed by atoms with van der Waals surface area (Å²) in [4.78, 5) is 0. The molecule has 0 heterocycles. The summed E-state index contributed by atoms with van der Waals surface area (Å²) in [5.74, 6) is 0.702. The second-order valence-corrected chi connectivity index (χ2v) is 3.77. The standard InChI is InChI=1S/C14H16N2O/c1-2-17-14-9-10(7-8-13(14)16)11-5-3-4-6-12(11)15/h3-9H,2,15-16H2,1H3. The summed E-state index contributed by atoms with van der Waals surface area (Å²) in [6, 6.07) is 13.4. The van der Waals surface area contributed by atoms with Crippen molar-refractivity contribution in [1.82, 2.24) is 0 Å². The Kier molecular flexibility index (Phi) is 3.19. The molecule has 0 fully saturated rings. The first kappa shape index (κ1) is 11.3. The highest BCUT2D eigenvalue weighted by molar-refractivity contribution is 5.78. The molecule has 0 saturated carbocycles. The van der Waals surface area contributed by atoms with Gasteiger partial charge >= 0.3 is 0 Å². The van der Waals surface area contributed by atoms with Crippen LogP contribution in [0, 0.1) is 0 Å². The molecule has 2 aromatic carbocycles. The van der Waals surface area contributed by atoms with Crippen LogP contribution < -0.4 is 16.2 Å². The molecule has 0 atom stereocenters. The predicted molar refractivity (Wildman–Crippen MR) is 71.9 cm³/mol. The number of hydrogen-bond acceptors (Lipinski definition) is 3. The van der Waals surface area contributed by atoms with Crippen LogP contribution in [0.2, 0.25) is 0 Å². The third kappa shape index (κ3) is 2.33. The van der Waals surface area contributed by atoms with Gasteiger partial charge in [-0.2, -0.15) is 0 Å². The Balaban J connectivity index is 2.46. The maximum atomic E-state index is 5.94. The minimum Gasteiger partial charge on any atom is -0.492 e. The van der Waals surface area contributed by atoms with E-state index in [2.05, 4.69) is 0 Å².